The van der Waals surface area contributed by atoms with Gasteiger partial charge in [0.25, 0.3) is 0 Å². The van der Waals surface area contributed by atoms with Crippen LogP contribution in [0, 0.1) is 5.82 Å². The van der Waals surface area contributed by atoms with Crippen LogP contribution in [0.25, 0.3) is 17.2 Å². The second-order valence-corrected chi connectivity index (χ2v) is 12.1. The number of alkyl carbamates (subject to hydrolysis) is 1. The number of hydrogen-bond donors (Lipinski definition) is 1. The average molecular weight is 605 g/mol. The van der Waals surface area contributed by atoms with Crippen LogP contribution in [0.5, 0.6) is 5.75 Å². The van der Waals surface area contributed by atoms with E-state index < -0.39 is 26.7 Å². The predicted octanol–water partition coefficient (Wildman–Crippen LogP) is 5.36. The molecule has 0 bridgehead atoms. The lowest BCUT2D eigenvalue weighted by atomic mass is 10.0. The zero-order chi connectivity index (χ0) is 30.6. The summed E-state index contributed by atoms with van der Waals surface area (Å²) >= 11 is 0. The molecule has 0 radical (unpaired) electrons. The van der Waals surface area contributed by atoms with Gasteiger partial charge < -0.3 is 38.0 Å². The molecule has 42 heavy (non-hydrogen) atoms. The SMILES string of the molecule is CCO[Si](CCCNC(=O)OCCCCCCOc1ccc(-c2ccc(/C=C/C(=O)[O-])cc2)cc1F)(OCC)OCC. The normalized spacial score (nSPS) is 11.5. The van der Waals surface area contributed by atoms with Crippen LogP contribution in [0.15, 0.2) is 48.5 Å². The number of benzene rings is 2. The van der Waals surface area contributed by atoms with Crippen LogP contribution < -0.4 is 15.2 Å². The Labute approximate surface area is 249 Å². The number of carboxylic acids is 1. The van der Waals surface area contributed by atoms with Gasteiger partial charge in [0.1, 0.15) is 0 Å². The molecule has 0 spiro atoms. The van der Waals surface area contributed by atoms with Gasteiger partial charge in [0.05, 0.1) is 19.2 Å². The van der Waals surface area contributed by atoms with Gasteiger partial charge in [-0.15, -0.1) is 0 Å². The van der Waals surface area contributed by atoms with Gasteiger partial charge in [0.15, 0.2) is 11.6 Å². The van der Waals surface area contributed by atoms with Crippen LogP contribution in [0.3, 0.4) is 0 Å². The maximum absolute atomic E-state index is 14.6. The topological polar surface area (TPSA) is 115 Å². The molecule has 11 heteroatoms. The minimum absolute atomic E-state index is 0.191. The highest BCUT2D eigenvalue weighted by molar-refractivity contribution is 6.60. The van der Waals surface area contributed by atoms with Gasteiger partial charge in [-0.05, 0) is 87.8 Å². The van der Waals surface area contributed by atoms with E-state index in [9.17, 15) is 19.1 Å². The van der Waals surface area contributed by atoms with Crippen molar-refractivity contribution in [2.45, 2.75) is 58.9 Å². The van der Waals surface area contributed by atoms with E-state index in [4.69, 9.17) is 22.8 Å². The molecule has 0 unspecified atom stereocenters. The van der Waals surface area contributed by atoms with Gasteiger partial charge >= 0.3 is 14.9 Å². The minimum Gasteiger partial charge on any atom is -0.545 e. The molecular formula is C31H43FNO8Si-. The first-order valence-corrected chi connectivity index (χ1v) is 16.5. The predicted molar refractivity (Wildman–Crippen MR) is 159 cm³/mol. The third kappa shape index (κ3) is 13.2. The summed E-state index contributed by atoms with van der Waals surface area (Å²) in [7, 11) is -2.70. The fraction of sp³-hybridized carbons (Fsp3) is 0.484. The Morgan fingerprint density at radius 3 is 2.07 bits per heavy atom. The molecule has 0 atom stereocenters. The third-order valence-corrected chi connectivity index (χ3v) is 9.29. The molecule has 0 aliphatic carbocycles. The van der Waals surface area contributed by atoms with Gasteiger partial charge in [0, 0.05) is 32.4 Å². The molecule has 232 valence electrons. The quantitative estimate of drug-likeness (QED) is 0.115. The second-order valence-electron chi connectivity index (χ2n) is 9.33. The smallest absolute Gasteiger partial charge is 0.500 e. The van der Waals surface area contributed by atoms with Crippen molar-refractivity contribution in [2.24, 2.45) is 0 Å². The summed E-state index contributed by atoms with van der Waals surface area (Å²) in [5.41, 5.74) is 2.20. The van der Waals surface area contributed by atoms with Crippen molar-refractivity contribution in [2.75, 3.05) is 39.6 Å². The van der Waals surface area contributed by atoms with Crippen molar-refractivity contribution < 1.29 is 41.8 Å². The highest BCUT2D eigenvalue weighted by atomic mass is 28.4. The van der Waals surface area contributed by atoms with Gasteiger partial charge in [-0.3, -0.25) is 0 Å². The molecule has 0 aliphatic rings. The average Bonchev–Trinajstić information content (AvgIpc) is 2.97. The number of carboxylic acid groups (broad SMARTS) is 1. The van der Waals surface area contributed by atoms with E-state index in [0.29, 0.717) is 63.2 Å². The van der Waals surface area contributed by atoms with Crippen molar-refractivity contribution in [1.29, 1.82) is 0 Å². The van der Waals surface area contributed by atoms with Crippen molar-refractivity contribution in [3.63, 3.8) is 0 Å². The lowest BCUT2D eigenvalue weighted by Crippen LogP contribution is -2.46. The Morgan fingerprint density at radius 2 is 1.48 bits per heavy atom. The standard InChI is InChI=1S/C31H44FNO8Si/c1-4-39-42(40-5-2,41-6-3)23-11-20-33-31(36)38-22-10-8-7-9-21-37-29-18-17-27(24-28(29)32)26-15-12-25(13-16-26)14-19-30(34)35/h12-19,24H,4-11,20-23H2,1-3H3,(H,33,36)(H,34,35)/p-1/b19-14+. The maximum atomic E-state index is 14.6. The highest BCUT2D eigenvalue weighted by Gasteiger charge is 2.39. The molecule has 1 amide bonds. The van der Waals surface area contributed by atoms with E-state index in [0.717, 1.165) is 37.3 Å². The summed E-state index contributed by atoms with van der Waals surface area (Å²) in [6, 6.07) is 12.5. The third-order valence-electron chi connectivity index (χ3n) is 6.14. The Morgan fingerprint density at radius 1 is 0.857 bits per heavy atom. The molecule has 0 heterocycles. The molecule has 9 nitrogen and oxygen atoms in total. The van der Waals surface area contributed by atoms with Crippen molar-refractivity contribution >= 4 is 26.9 Å². The molecule has 0 aromatic heterocycles. The molecule has 2 aromatic rings. The number of hydrogen-bond acceptors (Lipinski definition) is 8. The fourth-order valence-electron chi connectivity index (χ4n) is 4.20. The number of halogens is 1. The van der Waals surface area contributed by atoms with E-state index in [2.05, 4.69) is 5.32 Å². The molecular weight excluding hydrogens is 561 g/mol. The number of rotatable bonds is 21. The lowest BCUT2D eigenvalue weighted by Gasteiger charge is -2.28. The van der Waals surface area contributed by atoms with Gasteiger partial charge in [-0.1, -0.05) is 36.4 Å². The monoisotopic (exact) mass is 604 g/mol. The molecule has 0 saturated heterocycles. The molecule has 0 aliphatic heterocycles. The first-order valence-electron chi connectivity index (χ1n) is 14.6. The zero-order valence-electron chi connectivity index (χ0n) is 24.8. The summed E-state index contributed by atoms with van der Waals surface area (Å²) in [6.45, 7) is 8.45. The summed E-state index contributed by atoms with van der Waals surface area (Å²) < 4.78 is 42.9. The van der Waals surface area contributed by atoms with Gasteiger partial charge in [0.2, 0.25) is 0 Å². The number of aliphatic carboxylic acids is 1. The number of amides is 1. The number of nitrogens with one attached hydrogen (secondary N) is 1. The van der Waals surface area contributed by atoms with Crippen molar-refractivity contribution in [1.82, 2.24) is 5.32 Å². The molecule has 2 rings (SSSR count). The first-order chi connectivity index (χ1) is 20.3. The Balaban J connectivity index is 1.59. The maximum Gasteiger partial charge on any atom is 0.500 e. The van der Waals surface area contributed by atoms with Crippen LogP contribution in [0.1, 0.15) is 58.4 Å². The fourth-order valence-corrected chi connectivity index (χ4v) is 6.81. The number of ether oxygens (including phenoxy) is 2. The number of carbonyl (C=O) groups is 2. The number of unbranched alkanes of at least 4 members (excludes halogenated alkanes) is 3. The van der Waals surface area contributed by atoms with Crippen LogP contribution in [-0.2, 0) is 22.8 Å². The van der Waals surface area contributed by atoms with E-state index in [1.54, 1.807) is 36.4 Å². The van der Waals surface area contributed by atoms with Crippen molar-refractivity contribution in [3.05, 3.63) is 59.9 Å². The van der Waals surface area contributed by atoms with Crippen molar-refractivity contribution in [3.8, 4) is 16.9 Å². The highest BCUT2D eigenvalue weighted by Crippen LogP contribution is 2.26. The van der Waals surface area contributed by atoms with Crippen LogP contribution in [-0.4, -0.2) is 60.4 Å². The Kier molecular flexibility index (Phi) is 16.5. The summed E-state index contributed by atoms with van der Waals surface area (Å²) in [4.78, 5) is 22.5. The zero-order valence-corrected chi connectivity index (χ0v) is 25.8. The van der Waals surface area contributed by atoms with E-state index in [1.807, 2.05) is 20.8 Å². The number of carbonyl (C=O) groups excluding carboxylic acids is 2. The van der Waals surface area contributed by atoms with Gasteiger partial charge in [-0.25, -0.2) is 9.18 Å². The minimum atomic E-state index is -2.70. The summed E-state index contributed by atoms with van der Waals surface area (Å²) in [6.07, 6.45) is 5.82. The Hall–Kier alpha value is -3.25. The lowest BCUT2D eigenvalue weighted by molar-refractivity contribution is -0.297. The van der Waals surface area contributed by atoms with Crippen LogP contribution in [0.2, 0.25) is 6.04 Å². The van der Waals surface area contributed by atoms with E-state index in [1.165, 1.54) is 12.1 Å². The first kappa shape index (κ1) is 34.9. The van der Waals surface area contributed by atoms with E-state index >= 15 is 0 Å². The Bertz CT molecular complexity index is 1100. The van der Waals surface area contributed by atoms with E-state index in [-0.39, 0.29) is 5.75 Å². The molecule has 1 N–H and O–H groups in total. The second kappa shape index (κ2) is 19.8. The molecule has 0 fully saturated rings. The molecule has 0 saturated carbocycles. The van der Waals surface area contributed by atoms with Gasteiger partial charge in [-0.2, -0.15) is 0 Å². The summed E-state index contributed by atoms with van der Waals surface area (Å²) in [5.74, 6) is -1.52. The summed E-state index contributed by atoms with van der Waals surface area (Å²) in [5, 5.41) is 13.3. The molecule has 2 aromatic carbocycles. The largest absolute Gasteiger partial charge is 0.545 e. The van der Waals surface area contributed by atoms with Crippen LogP contribution in [0.4, 0.5) is 9.18 Å². The van der Waals surface area contributed by atoms with Crippen LogP contribution >= 0.6 is 0 Å².